The molecule has 0 atom stereocenters. The van der Waals surface area contributed by atoms with E-state index in [0.717, 1.165) is 5.56 Å². The maximum Gasteiger partial charge on any atom is 0.289 e. The van der Waals surface area contributed by atoms with Gasteiger partial charge in [-0.05, 0) is 30.7 Å². The topological polar surface area (TPSA) is 119 Å². The van der Waals surface area contributed by atoms with Crippen molar-refractivity contribution in [3.8, 4) is 6.07 Å². The van der Waals surface area contributed by atoms with Crippen LogP contribution in [0.15, 0.2) is 24.3 Å². The largest absolute Gasteiger partial charge is 0.397 e. The van der Waals surface area contributed by atoms with Crippen LogP contribution in [0, 0.1) is 18.3 Å². The number of benzene rings is 1. The number of nitrogen functional groups attached to an aromatic ring is 2. The molecule has 0 spiro atoms. The summed E-state index contributed by atoms with van der Waals surface area (Å²) in [4.78, 5) is 16.4. The number of pyridine rings is 1. The minimum absolute atomic E-state index is 0.239. The lowest BCUT2D eigenvalue weighted by Crippen LogP contribution is -2.12. The molecule has 3 aromatic rings. The van der Waals surface area contributed by atoms with E-state index in [2.05, 4.69) is 10.3 Å². The minimum Gasteiger partial charge on any atom is -0.397 e. The molecule has 1 amide bonds. The number of carbonyl (C=O) groups excluding carboxylic acids is 1. The number of H-pyrrole nitrogens is 1. The Balaban J connectivity index is 1.99. The zero-order valence-electron chi connectivity index (χ0n) is 12.6. The lowest BCUT2D eigenvalue weighted by atomic mass is 10.2. The van der Waals surface area contributed by atoms with Gasteiger partial charge in [0.1, 0.15) is 16.5 Å². The molecule has 24 heavy (non-hydrogen) atoms. The molecule has 1 aromatic carbocycles. The molecule has 6 N–H and O–H groups in total. The predicted molar refractivity (Wildman–Crippen MR) is 96.1 cm³/mol. The molecule has 0 radical (unpaired) electrons. The number of anilines is 3. The van der Waals surface area contributed by atoms with E-state index in [-0.39, 0.29) is 17.3 Å². The summed E-state index contributed by atoms with van der Waals surface area (Å²) in [5.74, 6) is -0.109. The Morgan fingerprint density at radius 3 is 2.79 bits per heavy atom. The lowest BCUT2D eigenvalue weighted by Gasteiger charge is -2.06. The standard InChI is InChI=1S/C16H12ClN5OS/c1-7-2-3-9(5-11(7)17)21-15(23)13-12(19)10-4-8(6-18)14(20)22-16(10)24-13/h2-5H,19H2,1H3,(H2,20,22)(H,21,23)/p+1. The molecule has 6 nitrogen and oxygen atoms in total. The van der Waals surface area contributed by atoms with Crippen molar-refractivity contribution in [1.29, 1.82) is 5.26 Å². The fourth-order valence-corrected chi connectivity index (χ4v) is 3.41. The number of carbonyl (C=O) groups is 1. The summed E-state index contributed by atoms with van der Waals surface area (Å²) in [6, 6.07) is 8.82. The highest BCUT2D eigenvalue weighted by atomic mass is 35.5. The van der Waals surface area contributed by atoms with Gasteiger partial charge >= 0.3 is 0 Å². The number of rotatable bonds is 2. The number of nitriles is 1. The van der Waals surface area contributed by atoms with Crippen LogP contribution >= 0.6 is 22.9 Å². The lowest BCUT2D eigenvalue weighted by molar-refractivity contribution is -0.323. The van der Waals surface area contributed by atoms with Crippen LogP contribution in [0.3, 0.4) is 0 Å². The number of amides is 1. The number of nitrogens with one attached hydrogen (secondary N) is 2. The number of aromatic nitrogens is 1. The molecular formula is C16H13ClN5OS+. The van der Waals surface area contributed by atoms with E-state index in [1.54, 1.807) is 18.2 Å². The molecule has 120 valence electrons. The van der Waals surface area contributed by atoms with Crippen molar-refractivity contribution in [2.24, 2.45) is 0 Å². The van der Waals surface area contributed by atoms with E-state index in [1.165, 1.54) is 11.3 Å². The normalized spacial score (nSPS) is 10.5. The summed E-state index contributed by atoms with van der Waals surface area (Å²) in [7, 11) is 0. The fraction of sp³-hybridized carbons (Fsp3) is 0.0625. The molecule has 2 aromatic heterocycles. The van der Waals surface area contributed by atoms with E-state index >= 15 is 0 Å². The Labute approximate surface area is 146 Å². The minimum atomic E-state index is -0.348. The van der Waals surface area contributed by atoms with Gasteiger partial charge in [0.15, 0.2) is 4.83 Å². The SMILES string of the molecule is Cc1ccc(NC(=O)c2sc3[nH+]c(N)c(C#N)cc3c2N)cc1Cl. The van der Waals surface area contributed by atoms with Gasteiger partial charge in [0.2, 0.25) is 0 Å². The average Bonchev–Trinajstić information content (AvgIpc) is 2.86. The number of hydrogen-bond donors (Lipinski definition) is 3. The number of halogens is 1. The van der Waals surface area contributed by atoms with Crippen molar-refractivity contribution in [2.75, 3.05) is 16.8 Å². The third-order valence-corrected chi connectivity index (χ3v) is 5.11. The second-order valence-electron chi connectivity index (χ2n) is 5.21. The van der Waals surface area contributed by atoms with Crippen molar-refractivity contribution < 1.29 is 9.78 Å². The number of aryl methyl sites for hydroxylation is 1. The van der Waals surface area contributed by atoms with Crippen LogP contribution in [-0.4, -0.2) is 5.91 Å². The Hall–Kier alpha value is -2.82. The Kier molecular flexibility index (Phi) is 4.01. The molecule has 0 aliphatic carbocycles. The Bertz CT molecular complexity index is 1020. The number of thiophene rings is 1. The van der Waals surface area contributed by atoms with Crippen molar-refractivity contribution in [1.82, 2.24) is 0 Å². The highest BCUT2D eigenvalue weighted by Gasteiger charge is 2.21. The second-order valence-corrected chi connectivity index (χ2v) is 6.64. The first-order valence-electron chi connectivity index (χ1n) is 6.92. The number of nitrogens with zero attached hydrogens (tertiary/aromatic N) is 1. The van der Waals surface area contributed by atoms with Gasteiger partial charge in [0.25, 0.3) is 11.7 Å². The number of hydrogen-bond acceptors (Lipinski definition) is 5. The number of fused-ring (bicyclic) bond motifs is 1. The molecule has 3 rings (SSSR count). The summed E-state index contributed by atoms with van der Waals surface area (Å²) in [5, 5.41) is 13.0. The van der Waals surface area contributed by atoms with Crippen LogP contribution in [-0.2, 0) is 0 Å². The van der Waals surface area contributed by atoms with Crippen molar-refractivity contribution in [3.63, 3.8) is 0 Å². The zero-order valence-corrected chi connectivity index (χ0v) is 14.2. The van der Waals surface area contributed by atoms with Crippen molar-refractivity contribution in [3.05, 3.63) is 45.3 Å². The molecule has 0 bridgehead atoms. The molecule has 0 fully saturated rings. The molecule has 0 aliphatic rings. The number of aromatic amines is 1. The van der Waals surface area contributed by atoms with E-state index in [4.69, 9.17) is 28.3 Å². The molecule has 0 unspecified atom stereocenters. The summed E-state index contributed by atoms with van der Waals surface area (Å²) < 4.78 is 0. The molecule has 2 heterocycles. The van der Waals surface area contributed by atoms with Crippen LogP contribution in [0.4, 0.5) is 17.2 Å². The van der Waals surface area contributed by atoms with E-state index in [9.17, 15) is 4.79 Å². The second kappa shape index (κ2) is 6.00. The summed E-state index contributed by atoms with van der Waals surface area (Å²) in [6.07, 6.45) is 0. The van der Waals surface area contributed by atoms with Gasteiger partial charge in [-0.25, -0.2) is 4.98 Å². The zero-order chi connectivity index (χ0) is 17.4. The van der Waals surface area contributed by atoms with Crippen LogP contribution in [0.1, 0.15) is 20.8 Å². The first-order chi connectivity index (χ1) is 11.4. The Morgan fingerprint density at radius 1 is 1.38 bits per heavy atom. The van der Waals surface area contributed by atoms with Crippen LogP contribution in [0.25, 0.3) is 10.2 Å². The van der Waals surface area contributed by atoms with Gasteiger partial charge in [-0.15, -0.1) is 0 Å². The van der Waals surface area contributed by atoms with Gasteiger partial charge in [-0.2, -0.15) is 5.26 Å². The van der Waals surface area contributed by atoms with Crippen LogP contribution in [0.2, 0.25) is 5.02 Å². The monoisotopic (exact) mass is 358 g/mol. The molecule has 8 heteroatoms. The first-order valence-corrected chi connectivity index (χ1v) is 8.11. The maximum absolute atomic E-state index is 12.5. The third-order valence-electron chi connectivity index (χ3n) is 3.57. The van der Waals surface area contributed by atoms with Gasteiger partial charge in [-0.1, -0.05) is 29.0 Å². The van der Waals surface area contributed by atoms with Gasteiger partial charge in [0, 0.05) is 10.7 Å². The van der Waals surface area contributed by atoms with E-state index in [0.29, 0.717) is 31.5 Å². The van der Waals surface area contributed by atoms with E-state index in [1.807, 2.05) is 19.1 Å². The molecule has 0 saturated heterocycles. The first kappa shape index (κ1) is 16.1. The van der Waals surface area contributed by atoms with Gasteiger partial charge < -0.3 is 11.1 Å². The molecule has 0 aliphatic heterocycles. The van der Waals surface area contributed by atoms with Crippen LogP contribution in [0.5, 0.6) is 0 Å². The third kappa shape index (κ3) is 2.73. The molecular weight excluding hydrogens is 346 g/mol. The predicted octanol–water partition coefficient (Wildman–Crippen LogP) is 2.97. The van der Waals surface area contributed by atoms with Gasteiger partial charge in [0.05, 0.1) is 11.1 Å². The highest BCUT2D eigenvalue weighted by Crippen LogP contribution is 2.33. The van der Waals surface area contributed by atoms with Crippen molar-refractivity contribution >= 4 is 56.3 Å². The van der Waals surface area contributed by atoms with E-state index < -0.39 is 0 Å². The maximum atomic E-state index is 12.5. The quantitative estimate of drug-likeness (QED) is 0.652. The van der Waals surface area contributed by atoms with Crippen LogP contribution < -0.4 is 21.8 Å². The summed E-state index contributed by atoms with van der Waals surface area (Å²) in [5.41, 5.74) is 13.9. The Morgan fingerprint density at radius 2 is 2.12 bits per heavy atom. The molecule has 0 saturated carbocycles. The highest BCUT2D eigenvalue weighted by molar-refractivity contribution is 7.20. The smallest absolute Gasteiger partial charge is 0.289 e. The van der Waals surface area contributed by atoms with Crippen molar-refractivity contribution in [2.45, 2.75) is 6.92 Å². The summed E-state index contributed by atoms with van der Waals surface area (Å²) in [6.45, 7) is 1.88. The average molecular weight is 359 g/mol. The summed E-state index contributed by atoms with van der Waals surface area (Å²) >= 11 is 7.24. The fourth-order valence-electron chi connectivity index (χ4n) is 2.22. The number of nitrogens with two attached hydrogens (primary N) is 2. The van der Waals surface area contributed by atoms with Gasteiger partial charge in [-0.3, -0.25) is 10.5 Å².